The minimum absolute atomic E-state index is 0.0979. The maximum Gasteiger partial charge on any atom is 0.472 e. The average Bonchev–Trinajstić information content (AvgIpc) is 0.907. The highest BCUT2D eigenvalue weighted by molar-refractivity contribution is 7.47. The molecular formula is C83H150O17P2. The molecule has 5 unspecified atom stereocenters. The van der Waals surface area contributed by atoms with E-state index in [0.29, 0.717) is 25.7 Å². The first kappa shape index (κ1) is 98.5. The van der Waals surface area contributed by atoms with Gasteiger partial charge in [-0.2, -0.15) is 0 Å². The van der Waals surface area contributed by atoms with Gasteiger partial charge in [0.2, 0.25) is 0 Å². The minimum atomic E-state index is -4.97. The van der Waals surface area contributed by atoms with E-state index in [1.54, 1.807) is 0 Å². The molecule has 0 amide bonds. The van der Waals surface area contributed by atoms with Crippen LogP contribution in [0.3, 0.4) is 0 Å². The van der Waals surface area contributed by atoms with Crippen molar-refractivity contribution in [1.29, 1.82) is 0 Å². The van der Waals surface area contributed by atoms with Crippen LogP contribution in [0.5, 0.6) is 0 Å². The molecule has 0 aliphatic rings. The lowest BCUT2D eigenvalue weighted by molar-refractivity contribution is -0.161. The third kappa shape index (κ3) is 74.8. The second-order valence-corrected chi connectivity index (χ2v) is 30.6. The number of hydrogen-bond donors (Lipinski definition) is 3. The van der Waals surface area contributed by atoms with Gasteiger partial charge in [-0.25, -0.2) is 9.13 Å². The van der Waals surface area contributed by atoms with Gasteiger partial charge in [0, 0.05) is 25.7 Å². The lowest BCUT2D eigenvalue weighted by Gasteiger charge is -2.21. The van der Waals surface area contributed by atoms with Crippen molar-refractivity contribution in [2.45, 2.75) is 393 Å². The van der Waals surface area contributed by atoms with Crippen molar-refractivity contribution in [3.8, 4) is 0 Å². The van der Waals surface area contributed by atoms with Crippen LogP contribution in [0.2, 0.25) is 0 Å². The number of rotatable bonds is 78. The molecule has 0 aromatic heterocycles. The van der Waals surface area contributed by atoms with Gasteiger partial charge in [-0.15, -0.1) is 0 Å². The van der Waals surface area contributed by atoms with E-state index in [0.717, 1.165) is 173 Å². The molecule has 594 valence electrons. The molecule has 0 saturated heterocycles. The van der Waals surface area contributed by atoms with Gasteiger partial charge in [-0.3, -0.25) is 37.3 Å². The fraction of sp³-hybridized carbons (Fsp3) is 0.807. The second kappa shape index (κ2) is 75.7. The molecule has 0 bridgehead atoms. The maximum atomic E-state index is 13.1. The van der Waals surface area contributed by atoms with Gasteiger partial charge in [-0.1, -0.05) is 325 Å². The predicted molar refractivity (Wildman–Crippen MR) is 418 cm³/mol. The molecular weight excluding hydrogens is 1330 g/mol. The Morgan fingerprint density at radius 2 is 0.510 bits per heavy atom. The zero-order chi connectivity index (χ0) is 74.6. The molecule has 0 spiro atoms. The van der Waals surface area contributed by atoms with Crippen molar-refractivity contribution < 1.29 is 80.2 Å². The van der Waals surface area contributed by atoms with Crippen molar-refractivity contribution in [1.82, 2.24) is 0 Å². The first-order valence-electron chi connectivity index (χ1n) is 41.2. The number of phosphoric ester groups is 2. The number of ether oxygens (including phenoxy) is 4. The van der Waals surface area contributed by atoms with Gasteiger partial charge < -0.3 is 33.8 Å². The Hall–Kier alpha value is -3.50. The maximum absolute atomic E-state index is 13.1. The fourth-order valence-corrected chi connectivity index (χ4v) is 13.0. The van der Waals surface area contributed by atoms with Crippen molar-refractivity contribution in [2.24, 2.45) is 0 Å². The Morgan fingerprint density at radius 1 is 0.284 bits per heavy atom. The van der Waals surface area contributed by atoms with Crippen molar-refractivity contribution >= 4 is 39.5 Å². The number of carbonyl (C=O) groups is 4. The van der Waals surface area contributed by atoms with Gasteiger partial charge >= 0.3 is 39.5 Å². The van der Waals surface area contributed by atoms with Crippen LogP contribution in [-0.4, -0.2) is 96.7 Å². The Kier molecular flexibility index (Phi) is 73.1. The summed E-state index contributed by atoms with van der Waals surface area (Å²) in [7, 11) is -9.95. The SMILES string of the molecule is CC/C=C\C/C=C\C/C=C\CCCCCCCCCC(=O)OCC(COP(=O)(O)OCC(O)COP(=O)(O)OCC(COC(=O)CCCCCCCC/C=C\C/C=C\C/C=C\CCCCC)OC(=O)CCCCCCCCCCCCCCC)OC(=O)CCCCCCCCCCCCCCC. The Bertz CT molecular complexity index is 2210. The molecule has 102 heavy (non-hydrogen) atoms. The van der Waals surface area contributed by atoms with Gasteiger partial charge in [0.1, 0.15) is 19.3 Å². The number of aliphatic hydroxyl groups is 1. The summed E-state index contributed by atoms with van der Waals surface area (Å²) in [4.78, 5) is 73.1. The topological polar surface area (TPSA) is 237 Å². The summed E-state index contributed by atoms with van der Waals surface area (Å²) < 4.78 is 68.7. The molecule has 0 rings (SSSR count). The standard InChI is InChI=1S/C83H150O17P2/c1-5-9-13-17-21-25-29-33-35-37-38-40-42-46-48-52-56-60-64-68-81(86)94-74-79(100-83(88)70-66-62-58-54-50-44-32-28-24-20-16-12-8-4)76-98-102(91,92)96-72-77(84)71-95-101(89,90)97-75-78(99-82(87)69-65-61-57-53-49-43-31-27-23-19-15-11-7-3)73-93-80(85)67-63-59-55-51-47-45-41-39-36-34-30-26-22-18-14-10-6-2/h10,14,21-22,25-26,33-36,38,40,77-79,84H,5-9,11-13,15-20,23-24,27-32,37,39,41-76H2,1-4H3,(H,89,90)(H,91,92)/b14-10-,25-21-,26-22-,35-33-,36-34-,40-38-. The monoisotopic (exact) mass is 1480 g/mol. The van der Waals surface area contributed by atoms with E-state index in [1.165, 1.54) is 122 Å². The van der Waals surface area contributed by atoms with Crippen molar-refractivity contribution in [3.05, 3.63) is 72.9 Å². The van der Waals surface area contributed by atoms with Crippen LogP contribution in [-0.2, 0) is 65.4 Å². The molecule has 0 heterocycles. The third-order valence-electron chi connectivity index (χ3n) is 17.7. The molecule has 5 atom stereocenters. The van der Waals surface area contributed by atoms with E-state index < -0.39 is 97.5 Å². The fourth-order valence-electron chi connectivity index (χ4n) is 11.4. The van der Waals surface area contributed by atoms with Gasteiger partial charge in [-0.05, 0) is 96.3 Å². The van der Waals surface area contributed by atoms with E-state index in [1.807, 2.05) is 0 Å². The van der Waals surface area contributed by atoms with Crippen LogP contribution < -0.4 is 0 Å². The smallest absolute Gasteiger partial charge is 0.462 e. The number of unbranched alkanes of at least 4 members (excludes halogenated alkanes) is 40. The highest BCUT2D eigenvalue weighted by Crippen LogP contribution is 2.45. The van der Waals surface area contributed by atoms with Crippen LogP contribution in [0.15, 0.2) is 72.9 Å². The normalized spacial score (nSPS) is 14.2. The highest BCUT2D eigenvalue weighted by Gasteiger charge is 2.30. The van der Waals surface area contributed by atoms with E-state index in [9.17, 15) is 43.2 Å². The summed E-state index contributed by atoms with van der Waals surface area (Å²) in [6.07, 6.45) is 77.2. The zero-order valence-corrected chi connectivity index (χ0v) is 66.8. The molecule has 0 fully saturated rings. The summed E-state index contributed by atoms with van der Waals surface area (Å²) in [5.74, 6) is -2.16. The number of phosphoric acid groups is 2. The highest BCUT2D eigenvalue weighted by atomic mass is 31.2. The Balaban J connectivity index is 5.30. The number of hydrogen-bond acceptors (Lipinski definition) is 15. The molecule has 0 aromatic carbocycles. The van der Waals surface area contributed by atoms with Gasteiger partial charge in [0.15, 0.2) is 12.2 Å². The molecule has 17 nitrogen and oxygen atoms in total. The predicted octanol–water partition coefficient (Wildman–Crippen LogP) is 24.0. The quantitative estimate of drug-likeness (QED) is 0.0169. The lowest BCUT2D eigenvalue weighted by atomic mass is 10.0. The van der Waals surface area contributed by atoms with Crippen molar-refractivity contribution in [2.75, 3.05) is 39.6 Å². The molecule has 19 heteroatoms. The molecule has 0 radical (unpaired) electrons. The molecule has 0 aromatic rings. The molecule has 0 aliphatic heterocycles. The summed E-state index contributed by atoms with van der Waals surface area (Å²) in [5.41, 5.74) is 0. The number of esters is 4. The second-order valence-electron chi connectivity index (χ2n) is 27.7. The Morgan fingerprint density at radius 3 is 0.804 bits per heavy atom. The summed E-state index contributed by atoms with van der Waals surface area (Å²) in [6, 6.07) is 0. The number of aliphatic hydroxyl groups excluding tert-OH is 1. The first-order chi connectivity index (χ1) is 49.7. The van der Waals surface area contributed by atoms with E-state index in [4.69, 9.17) is 37.0 Å². The third-order valence-corrected chi connectivity index (χ3v) is 19.6. The largest absolute Gasteiger partial charge is 0.472 e. The van der Waals surface area contributed by atoms with Gasteiger partial charge in [0.05, 0.1) is 26.4 Å². The molecule has 0 saturated carbocycles. The number of allylic oxidation sites excluding steroid dienone is 12. The van der Waals surface area contributed by atoms with Crippen LogP contribution in [0, 0.1) is 0 Å². The van der Waals surface area contributed by atoms with Crippen LogP contribution in [0.1, 0.15) is 374 Å². The van der Waals surface area contributed by atoms with Crippen LogP contribution in [0.25, 0.3) is 0 Å². The summed E-state index contributed by atoms with van der Waals surface area (Å²) >= 11 is 0. The van der Waals surface area contributed by atoms with E-state index in [2.05, 4.69) is 101 Å². The molecule has 3 N–H and O–H groups in total. The number of carbonyl (C=O) groups excluding carboxylic acids is 4. The van der Waals surface area contributed by atoms with E-state index >= 15 is 0 Å². The zero-order valence-electron chi connectivity index (χ0n) is 65.0. The van der Waals surface area contributed by atoms with Crippen LogP contribution in [0.4, 0.5) is 0 Å². The Labute approximate surface area is 622 Å². The first-order valence-corrected chi connectivity index (χ1v) is 44.2. The average molecular weight is 1480 g/mol. The van der Waals surface area contributed by atoms with Crippen molar-refractivity contribution in [3.63, 3.8) is 0 Å². The lowest BCUT2D eigenvalue weighted by Crippen LogP contribution is -2.30. The van der Waals surface area contributed by atoms with Crippen LogP contribution >= 0.6 is 15.6 Å². The van der Waals surface area contributed by atoms with E-state index in [-0.39, 0.29) is 25.7 Å². The summed E-state index contributed by atoms with van der Waals surface area (Å²) in [6.45, 7) is 4.79. The molecule has 0 aliphatic carbocycles. The minimum Gasteiger partial charge on any atom is -0.462 e. The summed E-state index contributed by atoms with van der Waals surface area (Å²) in [5, 5.41) is 10.6. The van der Waals surface area contributed by atoms with Gasteiger partial charge in [0.25, 0.3) is 0 Å².